The largest absolute Gasteiger partial charge is 0.490 e. The Morgan fingerprint density at radius 2 is 1.66 bits per heavy atom. The van der Waals surface area contributed by atoms with Crippen LogP contribution in [0.3, 0.4) is 0 Å². The van der Waals surface area contributed by atoms with Gasteiger partial charge < -0.3 is 15.0 Å². The molecule has 2 aromatic carbocycles. The molecule has 2 N–H and O–H groups in total. The molecule has 0 atom stereocenters. The molecular weight excluding hydrogens is 390 g/mol. The fraction of sp³-hybridized carbons (Fsp3) is 0.286. The van der Waals surface area contributed by atoms with E-state index < -0.39 is 10.0 Å². The lowest BCUT2D eigenvalue weighted by Crippen LogP contribution is -2.36. The summed E-state index contributed by atoms with van der Waals surface area (Å²) < 4.78 is 30.9. The van der Waals surface area contributed by atoms with Crippen molar-refractivity contribution < 1.29 is 17.9 Å². The highest BCUT2D eigenvalue weighted by Crippen LogP contribution is 2.13. The first-order valence-electron chi connectivity index (χ1n) is 9.13. The lowest BCUT2D eigenvalue weighted by molar-refractivity contribution is 0.206. The average molecular weight is 418 g/mol. The number of benzene rings is 2. The summed E-state index contributed by atoms with van der Waals surface area (Å²) >= 11 is 0. The molecule has 7 nitrogen and oxygen atoms in total. The number of urea groups is 1. The average Bonchev–Trinajstić information content (AvgIpc) is 2.72. The molecule has 0 fully saturated rings. The Hall–Kier alpha value is -2.84. The fourth-order valence-corrected chi connectivity index (χ4v) is 3.33. The molecule has 0 aliphatic carbocycles. The molecule has 0 unspecified atom stereocenters. The first kappa shape index (κ1) is 22.4. The molecule has 156 valence electrons. The first-order valence-corrected chi connectivity index (χ1v) is 10.8. The maximum Gasteiger partial charge on any atom is 0.317 e. The van der Waals surface area contributed by atoms with Crippen LogP contribution in [0.1, 0.15) is 16.7 Å². The molecule has 0 spiro atoms. The fourth-order valence-electron chi connectivity index (χ4n) is 2.55. The van der Waals surface area contributed by atoms with Crippen molar-refractivity contribution in [3.05, 3.63) is 77.9 Å². The minimum absolute atomic E-state index is 0.0731. The summed E-state index contributed by atoms with van der Waals surface area (Å²) in [5.74, 6) is 0.683. The Balaban J connectivity index is 1.82. The summed E-state index contributed by atoms with van der Waals surface area (Å²) in [6, 6.07) is 14.5. The Kier molecular flexibility index (Phi) is 8.23. The minimum Gasteiger partial charge on any atom is -0.490 e. The quantitative estimate of drug-likeness (QED) is 0.582. The summed E-state index contributed by atoms with van der Waals surface area (Å²) in [6.07, 6.45) is 1.68. The van der Waals surface area contributed by atoms with Crippen LogP contribution in [-0.4, -0.2) is 40.1 Å². The number of carbonyl (C=O) groups is 1. The summed E-state index contributed by atoms with van der Waals surface area (Å²) in [4.78, 5) is 13.9. The number of ether oxygens (including phenoxy) is 1. The van der Waals surface area contributed by atoms with Crippen molar-refractivity contribution >= 4 is 16.1 Å². The third kappa shape index (κ3) is 7.59. The molecule has 0 aliphatic rings. The molecule has 0 aromatic heterocycles. The van der Waals surface area contributed by atoms with Crippen molar-refractivity contribution in [3.63, 3.8) is 0 Å². The number of hydrogen-bond donors (Lipinski definition) is 2. The summed E-state index contributed by atoms with van der Waals surface area (Å²) in [5.41, 5.74) is 2.57. The van der Waals surface area contributed by atoms with Gasteiger partial charge in [-0.2, -0.15) is 0 Å². The Morgan fingerprint density at radius 1 is 1.07 bits per heavy atom. The van der Waals surface area contributed by atoms with Gasteiger partial charge in [0.15, 0.2) is 0 Å². The standard InChI is InChI=1S/C21H27N3O4S/c1-4-13-28-20-11-9-18(10-12-20)15-24(3)21(25)23-14-17-5-7-19(8-6-17)16-29(26,27)22-2/h4-12,22H,1,13-16H2,2-3H3,(H,23,25). The highest BCUT2D eigenvalue weighted by Gasteiger charge is 2.10. The second-order valence-corrected chi connectivity index (χ2v) is 8.46. The van der Waals surface area contributed by atoms with E-state index >= 15 is 0 Å². The van der Waals surface area contributed by atoms with E-state index in [1.807, 2.05) is 36.4 Å². The molecule has 0 saturated heterocycles. The van der Waals surface area contributed by atoms with Crippen LogP contribution in [0.4, 0.5) is 4.79 Å². The minimum atomic E-state index is -3.30. The molecule has 0 heterocycles. The predicted molar refractivity (Wildman–Crippen MR) is 114 cm³/mol. The normalized spacial score (nSPS) is 11.0. The van der Waals surface area contributed by atoms with Crippen molar-refractivity contribution in [2.24, 2.45) is 0 Å². The molecule has 2 aromatic rings. The van der Waals surface area contributed by atoms with Gasteiger partial charge in [-0.05, 0) is 35.9 Å². The number of carbonyl (C=O) groups excluding carboxylic acids is 1. The molecule has 2 amide bonds. The highest BCUT2D eigenvalue weighted by molar-refractivity contribution is 7.88. The molecule has 0 radical (unpaired) electrons. The Labute approximate surface area is 172 Å². The molecule has 8 heteroatoms. The van der Waals surface area contributed by atoms with Crippen LogP contribution >= 0.6 is 0 Å². The summed E-state index contributed by atoms with van der Waals surface area (Å²) in [5, 5.41) is 2.86. The molecular formula is C21H27N3O4S. The number of nitrogens with one attached hydrogen (secondary N) is 2. The number of rotatable bonds is 10. The van der Waals surface area contributed by atoms with Gasteiger partial charge in [0.1, 0.15) is 12.4 Å². The SMILES string of the molecule is C=CCOc1ccc(CN(C)C(=O)NCc2ccc(CS(=O)(=O)NC)cc2)cc1. The second-order valence-electron chi connectivity index (χ2n) is 6.54. The second kappa shape index (κ2) is 10.6. The highest BCUT2D eigenvalue weighted by atomic mass is 32.2. The lowest BCUT2D eigenvalue weighted by atomic mass is 10.1. The molecule has 0 aliphatic heterocycles. The number of nitrogens with zero attached hydrogens (tertiary/aromatic N) is 1. The van der Waals surface area contributed by atoms with Crippen molar-refractivity contribution in [3.8, 4) is 5.75 Å². The van der Waals surface area contributed by atoms with Gasteiger partial charge in [0.05, 0.1) is 5.75 Å². The first-order chi connectivity index (χ1) is 13.8. The Morgan fingerprint density at radius 3 is 2.24 bits per heavy atom. The van der Waals surface area contributed by atoms with Gasteiger partial charge >= 0.3 is 6.03 Å². The monoisotopic (exact) mass is 417 g/mol. The molecule has 29 heavy (non-hydrogen) atoms. The number of amides is 2. The summed E-state index contributed by atoms with van der Waals surface area (Å²) in [7, 11) is -0.183. The van der Waals surface area contributed by atoms with Gasteiger partial charge in [-0.1, -0.05) is 49.1 Å². The van der Waals surface area contributed by atoms with Crippen LogP contribution in [0, 0.1) is 0 Å². The van der Waals surface area contributed by atoms with Crippen LogP contribution in [0.15, 0.2) is 61.2 Å². The third-order valence-corrected chi connectivity index (χ3v) is 5.53. The van der Waals surface area contributed by atoms with Crippen LogP contribution in [0.25, 0.3) is 0 Å². The molecule has 2 rings (SSSR count). The van der Waals surface area contributed by atoms with E-state index in [0.717, 1.165) is 16.9 Å². The van der Waals surface area contributed by atoms with E-state index in [0.29, 0.717) is 25.3 Å². The van der Waals surface area contributed by atoms with Gasteiger partial charge in [-0.15, -0.1) is 0 Å². The molecule has 0 saturated carbocycles. The van der Waals surface area contributed by atoms with E-state index in [1.54, 1.807) is 30.2 Å². The van der Waals surface area contributed by atoms with Crippen LogP contribution in [-0.2, 0) is 28.9 Å². The Bertz CT molecular complexity index is 910. The maximum atomic E-state index is 12.3. The smallest absolute Gasteiger partial charge is 0.317 e. The van der Waals surface area contributed by atoms with Crippen LogP contribution in [0.2, 0.25) is 0 Å². The topological polar surface area (TPSA) is 87.7 Å². The van der Waals surface area contributed by atoms with E-state index in [2.05, 4.69) is 16.6 Å². The summed E-state index contributed by atoms with van der Waals surface area (Å²) in [6.45, 7) is 4.89. The zero-order valence-corrected chi connectivity index (χ0v) is 17.5. The van der Waals surface area contributed by atoms with Crippen molar-refractivity contribution in [2.75, 3.05) is 20.7 Å². The van der Waals surface area contributed by atoms with E-state index in [1.165, 1.54) is 7.05 Å². The van der Waals surface area contributed by atoms with E-state index in [-0.39, 0.29) is 11.8 Å². The predicted octanol–water partition coefficient (Wildman–Crippen LogP) is 2.64. The third-order valence-electron chi connectivity index (χ3n) is 4.19. The van der Waals surface area contributed by atoms with Crippen molar-refractivity contribution in [1.82, 2.24) is 14.9 Å². The van der Waals surface area contributed by atoms with Gasteiger partial charge in [0, 0.05) is 20.1 Å². The zero-order valence-electron chi connectivity index (χ0n) is 16.7. The van der Waals surface area contributed by atoms with E-state index in [9.17, 15) is 13.2 Å². The van der Waals surface area contributed by atoms with Gasteiger partial charge in [0.25, 0.3) is 0 Å². The van der Waals surface area contributed by atoms with Gasteiger partial charge in [-0.25, -0.2) is 17.9 Å². The van der Waals surface area contributed by atoms with Gasteiger partial charge in [0.2, 0.25) is 10.0 Å². The maximum absolute atomic E-state index is 12.3. The number of sulfonamides is 1. The molecule has 0 bridgehead atoms. The van der Waals surface area contributed by atoms with Crippen LogP contribution in [0.5, 0.6) is 5.75 Å². The number of hydrogen-bond acceptors (Lipinski definition) is 4. The van der Waals surface area contributed by atoms with Crippen molar-refractivity contribution in [2.45, 2.75) is 18.8 Å². The zero-order chi connectivity index (χ0) is 21.3. The lowest BCUT2D eigenvalue weighted by Gasteiger charge is -2.18. The van der Waals surface area contributed by atoms with Crippen molar-refractivity contribution in [1.29, 1.82) is 0 Å². The van der Waals surface area contributed by atoms with E-state index in [4.69, 9.17) is 4.74 Å². The van der Waals surface area contributed by atoms with Gasteiger partial charge in [-0.3, -0.25) is 0 Å². The van der Waals surface area contributed by atoms with Crippen LogP contribution < -0.4 is 14.8 Å².